The van der Waals surface area contributed by atoms with Crippen molar-refractivity contribution in [1.82, 2.24) is 14.5 Å². The molecule has 2 aliphatic rings. The first kappa shape index (κ1) is 14.5. The summed E-state index contributed by atoms with van der Waals surface area (Å²) in [7, 11) is 0. The molecule has 2 saturated carbocycles. The third-order valence-electron chi connectivity index (χ3n) is 5.03. The lowest BCUT2D eigenvalue weighted by Crippen LogP contribution is -2.40. The summed E-state index contributed by atoms with van der Waals surface area (Å²) in [6.45, 7) is 1.46. The van der Waals surface area contributed by atoms with Gasteiger partial charge in [-0.2, -0.15) is 0 Å². The van der Waals surface area contributed by atoms with E-state index in [2.05, 4.69) is 38.7 Å². The lowest BCUT2D eigenvalue weighted by atomic mass is 9.84. The zero-order chi connectivity index (χ0) is 15.6. The Hall–Kier alpha value is -2.10. The fourth-order valence-corrected chi connectivity index (χ4v) is 3.23. The van der Waals surface area contributed by atoms with Gasteiger partial charge in [0.15, 0.2) is 0 Å². The number of rotatable bonds is 6. The van der Waals surface area contributed by atoms with E-state index < -0.39 is 0 Å². The van der Waals surface area contributed by atoms with E-state index in [1.54, 1.807) is 0 Å². The molecule has 1 heterocycles. The number of carbonyl (C=O) groups excluding carboxylic acids is 1. The summed E-state index contributed by atoms with van der Waals surface area (Å²) < 4.78 is 2.17. The summed E-state index contributed by atoms with van der Waals surface area (Å²) in [4.78, 5) is 19.3. The van der Waals surface area contributed by atoms with Crippen LogP contribution in [0.4, 0.5) is 0 Å². The maximum absolute atomic E-state index is 12.7. The fraction of sp³-hybridized carbons (Fsp3) is 0.474. The maximum Gasteiger partial charge on any atom is 0.226 e. The number of carbonyl (C=O) groups is 1. The van der Waals surface area contributed by atoms with Crippen LogP contribution in [0.15, 0.2) is 42.7 Å². The smallest absolute Gasteiger partial charge is 0.226 e. The highest BCUT2D eigenvalue weighted by Gasteiger charge is 2.38. The van der Waals surface area contributed by atoms with Gasteiger partial charge in [0.1, 0.15) is 5.82 Å². The molecule has 4 heteroatoms. The molecule has 4 rings (SSSR count). The van der Waals surface area contributed by atoms with Gasteiger partial charge in [-0.15, -0.1) is 0 Å². The zero-order valence-electron chi connectivity index (χ0n) is 13.4. The van der Waals surface area contributed by atoms with Crippen LogP contribution in [0.25, 0.3) is 0 Å². The highest BCUT2D eigenvalue weighted by atomic mass is 16.2. The Morgan fingerprint density at radius 2 is 1.96 bits per heavy atom. The second-order valence-electron chi connectivity index (χ2n) is 6.78. The topological polar surface area (TPSA) is 38.1 Å². The molecule has 1 amide bonds. The lowest BCUT2D eigenvalue weighted by Gasteiger charge is -2.31. The molecule has 0 aliphatic heterocycles. The van der Waals surface area contributed by atoms with Gasteiger partial charge in [-0.3, -0.25) is 4.79 Å². The van der Waals surface area contributed by atoms with Crippen LogP contribution in [0.1, 0.15) is 43.5 Å². The van der Waals surface area contributed by atoms with Gasteiger partial charge in [0, 0.05) is 30.9 Å². The molecule has 0 saturated heterocycles. The Kier molecular flexibility index (Phi) is 3.90. The van der Waals surface area contributed by atoms with E-state index in [4.69, 9.17) is 0 Å². The molecule has 120 valence electrons. The van der Waals surface area contributed by atoms with E-state index in [-0.39, 0.29) is 5.92 Å². The Morgan fingerprint density at radius 1 is 1.17 bits per heavy atom. The standard InChI is InChI=1S/C19H23N3O/c23-19(16-7-4-8-16)22(17-9-10-17)14-18-20-11-12-21(18)13-15-5-2-1-3-6-15/h1-3,5-6,11-12,16-17H,4,7-10,13-14H2. The van der Waals surface area contributed by atoms with Crippen molar-refractivity contribution in [2.24, 2.45) is 5.92 Å². The van der Waals surface area contributed by atoms with Crippen molar-refractivity contribution in [1.29, 1.82) is 0 Å². The first-order chi connectivity index (χ1) is 11.3. The molecule has 2 fully saturated rings. The predicted octanol–water partition coefficient (Wildman–Crippen LogP) is 3.22. The molecule has 0 spiro atoms. The summed E-state index contributed by atoms with van der Waals surface area (Å²) >= 11 is 0. The predicted molar refractivity (Wildman–Crippen MR) is 88.7 cm³/mol. The van der Waals surface area contributed by atoms with Crippen molar-refractivity contribution < 1.29 is 4.79 Å². The molecule has 4 nitrogen and oxygen atoms in total. The van der Waals surface area contributed by atoms with Crippen LogP contribution in [0, 0.1) is 5.92 Å². The SMILES string of the molecule is O=C(C1CCC1)N(Cc1nccn1Cc1ccccc1)C1CC1. The second-order valence-corrected chi connectivity index (χ2v) is 6.78. The van der Waals surface area contributed by atoms with Gasteiger partial charge >= 0.3 is 0 Å². The highest BCUT2D eigenvalue weighted by molar-refractivity contribution is 5.80. The normalized spacial score (nSPS) is 17.7. The number of hydrogen-bond acceptors (Lipinski definition) is 2. The van der Waals surface area contributed by atoms with Gasteiger partial charge in [-0.25, -0.2) is 4.98 Å². The van der Waals surface area contributed by atoms with Crippen LogP contribution < -0.4 is 0 Å². The molecule has 1 aromatic heterocycles. The van der Waals surface area contributed by atoms with Crippen molar-refractivity contribution in [3.8, 4) is 0 Å². The van der Waals surface area contributed by atoms with E-state index >= 15 is 0 Å². The third kappa shape index (κ3) is 3.16. The van der Waals surface area contributed by atoms with Gasteiger partial charge in [-0.1, -0.05) is 36.8 Å². The minimum absolute atomic E-state index is 0.271. The van der Waals surface area contributed by atoms with Crippen molar-refractivity contribution in [2.45, 2.75) is 51.2 Å². The second kappa shape index (κ2) is 6.19. The molecule has 1 aromatic carbocycles. The van der Waals surface area contributed by atoms with Crippen LogP contribution in [0.5, 0.6) is 0 Å². The zero-order valence-corrected chi connectivity index (χ0v) is 13.4. The van der Waals surface area contributed by atoms with Gasteiger partial charge in [0.05, 0.1) is 6.54 Å². The summed E-state index contributed by atoms with van der Waals surface area (Å²) in [6.07, 6.45) is 9.51. The Bertz CT molecular complexity index is 671. The number of hydrogen-bond donors (Lipinski definition) is 0. The van der Waals surface area contributed by atoms with Crippen LogP contribution in [0.2, 0.25) is 0 Å². The van der Waals surface area contributed by atoms with Crippen molar-refractivity contribution >= 4 is 5.91 Å². The van der Waals surface area contributed by atoms with E-state index in [1.807, 2.05) is 18.5 Å². The molecule has 23 heavy (non-hydrogen) atoms. The summed E-state index contributed by atoms with van der Waals surface area (Å²) in [5.41, 5.74) is 1.26. The van der Waals surface area contributed by atoms with Gasteiger partial charge in [-0.05, 0) is 31.2 Å². The van der Waals surface area contributed by atoms with Crippen molar-refractivity contribution in [3.63, 3.8) is 0 Å². The fourth-order valence-electron chi connectivity index (χ4n) is 3.23. The Morgan fingerprint density at radius 3 is 2.61 bits per heavy atom. The minimum atomic E-state index is 0.271. The summed E-state index contributed by atoms with van der Waals surface area (Å²) in [6, 6.07) is 10.9. The molecular weight excluding hydrogens is 286 g/mol. The number of imidazole rings is 1. The summed E-state index contributed by atoms with van der Waals surface area (Å²) in [5.74, 6) is 1.62. The number of benzene rings is 1. The molecule has 2 aliphatic carbocycles. The molecule has 2 aromatic rings. The number of aromatic nitrogens is 2. The molecule has 0 radical (unpaired) electrons. The molecule has 0 atom stereocenters. The Labute approximate surface area is 137 Å². The van der Waals surface area contributed by atoms with Gasteiger partial charge in [0.2, 0.25) is 5.91 Å². The average Bonchev–Trinajstić information content (AvgIpc) is 3.26. The van der Waals surface area contributed by atoms with E-state index in [0.29, 0.717) is 18.5 Å². The molecule has 0 N–H and O–H groups in total. The van der Waals surface area contributed by atoms with Crippen LogP contribution in [-0.2, 0) is 17.9 Å². The van der Waals surface area contributed by atoms with Crippen molar-refractivity contribution in [3.05, 3.63) is 54.1 Å². The largest absolute Gasteiger partial charge is 0.332 e. The minimum Gasteiger partial charge on any atom is -0.332 e. The van der Waals surface area contributed by atoms with E-state index in [0.717, 1.165) is 38.1 Å². The Balaban J connectivity index is 1.49. The monoisotopic (exact) mass is 309 g/mol. The quantitative estimate of drug-likeness (QED) is 0.821. The number of amides is 1. The first-order valence-corrected chi connectivity index (χ1v) is 8.65. The first-order valence-electron chi connectivity index (χ1n) is 8.65. The van der Waals surface area contributed by atoms with Crippen LogP contribution in [-0.4, -0.2) is 26.4 Å². The molecule has 0 unspecified atom stereocenters. The number of nitrogens with zero attached hydrogens (tertiary/aromatic N) is 3. The summed E-state index contributed by atoms with van der Waals surface area (Å²) in [5, 5.41) is 0. The van der Waals surface area contributed by atoms with E-state index in [1.165, 1.54) is 12.0 Å². The van der Waals surface area contributed by atoms with Crippen molar-refractivity contribution in [2.75, 3.05) is 0 Å². The van der Waals surface area contributed by atoms with Crippen LogP contribution >= 0.6 is 0 Å². The van der Waals surface area contributed by atoms with Gasteiger partial charge in [0.25, 0.3) is 0 Å². The van der Waals surface area contributed by atoms with Crippen LogP contribution in [0.3, 0.4) is 0 Å². The molecular formula is C19H23N3O. The third-order valence-corrected chi connectivity index (χ3v) is 5.03. The van der Waals surface area contributed by atoms with E-state index in [9.17, 15) is 4.79 Å². The lowest BCUT2D eigenvalue weighted by molar-refractivity contribution is -0.139. The highest BCUT2D eigenvalue weighted by Crippen LogP contribution is 2.34. The molecule has 0 bridgehead atoms. The maximum atomic E-state index is 12.7. The van der Waals surface area contributed by atoms with Gasteiger partial charge < -0.3 is 9.47 Å². The average molecular weight is 309 g/mol.